The maximum atomic E-state index is 12.2. The predicted octanol–water partition coefficient (Wildman–Crippen LogP) is 0.865. The third-order valence-electron chi connectivity index (χ3n) is 3.34. The summed E-state index contributed by atoms with van der Waals surface area (Å²) in [5.74, 6) is -1.67. The van der Waals surface area contributed by atoms with Gasteiger partial charge in [0, 0.05) is 12.1 Å². The smallest absolute Gasteiger partial charge is 0.288 e. The number of nitrogen functional groups attached to an aromatic ring is 1. The van der Waals surface area contributed by atoms with E-state index in [4.69, 9.17) is 17.3 Å². The van der Waals surface area contributed by atoms with Crippen molar-refractivity contribution in [1.29, 1.82) is 0 Å². The second-order valence-electron chi connectivity index (χ2n) is 4.67. The number of anilines is 1. The number of fused-ring (bicyclic) bond motifs is 1. The molecular formula is C13H7ClN4O5. The summed E-state index contributed by atoms with van der Waals surface area (Å²) in [6, 6.07) is 4.53. The Morgan fingerprint density at radius 2 is 1.87 bits per heavy atom. The molecule has 0 unspecified atom stereocenters. The van der Waals surface area contributed by atoms with Crippen LogP contribution in [0.25, 0.3) is 5.69 Å². The van der Waals surface area contributed by atoms with Crippen LogP contribution >= 0.6 is 11.6 Å². The summed E-state index contributed by atoms with van der Waals surface area (Å²) in [5, 5.41) is 12.6. The van der Waals surface area contributed by atoms with Crippen LogP contribution in [0.3, 0.4) is 0 Å². The summed E-state index contributed by atoms with van der Waals surface area (Å²) in [6.07, 6.45) is 0. The molecule has 0 bridgehead atoms. The van der Waals surface area contributed by atoms with Crippen molar-refractivity contribution >= 4 is 34.9 Å². The quantitative estimate of drug-likeness (QED) is 0.474. The number of nitro benzene ring substituents is 1. The van der Waals surface area contributed by atoms with E-state index in [1.165, 1.54) is 12.1 Å². The van der Waals surface area contributed by atoms with Crippen molar-refractivity contribution in [3.63, 3.8) is 0 Å². The predicted molar refractivity (Wildman–Crippen MR) is 79.9 cm³/mol. The lowest BCUT2D eigenvalue weighted by molar-refractivity contribution is -0.384. The Morgan fingerprint density at radius 1 is 1.17 bits per heavy atom. The molecule has 1 aromatic heterocycles. The van der Waals surface area contributed by atoms with E-state index in [0.717, 1.165) is 16.7 Å². The van der Waals surface area contributed by atoms with Crippen molar-refractivity contribution in [3.8, 4) is 5.69 Å². The van der Waals surface area contributed by atoms with E-state index in [0.29, 0.717) is 0 Å². The first-order chi connectivity index (χ1) is 10.8. The number of nitrogens with two attached hydrogens (primary N) is 1. The van der Waals surface area contributed by atoms with Crippen LogP contribution in [0.2, 0.25) is 5.02 Å². The Balaban J connectivity index is 2.27. The van der Waals surface area contributed by atoms with Gasteiger partial charge in [-0.1, -0.05) is 11.6 Å². The number of amides is 2. The fourth-order valence-electron chi connectivity index (χ4n) is 2.33. The van der Waals surface area contributed by atoms with Gasteiger partial charge < -0.3 is 5.73 Å². The zero-order valence-corrected chi connectivity index (χ0v) is 12.0. The molecule has 0 atom stereocenters. The normalized spacial score (nSPS) is 12.9. The lowest BCUT2D eigenvalue weighted by Crippen LogP contribution is -2.24. The van der Waals surface area contributed by atoms with Crippen LogP contribution in [0.5, 0.6) is 0 Å². The zero-order chi connectivity index (χ0) is 16.9. The van der Waals surface area contributed by atoms with Crippen LogP contribution < -0.4 is 16.6 Å². The molecule has 2 aromatic rings. The number of rotatable bonds is 2. The molecule has 0 aliphatic carbocycles. The van der Waals surface area contributed by atoms with Crippen molar-refractivity contribution in [3.05, 3.63) is 60.9 Å². The highest BCUT2D eigenvalue weighted by Gasteiger charge is 2.32. The molecule has 0 spiro atoms. The molecule has 2 amide bonds. The molecule has 116 valence electrons. The fourth-order valence-corrected chi connectivity index (χ4v) is 2.57. The number of carbonyl (C=O) groups excluding carboxylic acids is 2. The van der Waals surface area contributed by atoms with E-state index < -0.39 is 22.3 Å². The van der Waals surface area contributed by atoms with E-state index in [-0.39, 0.29) is 33.3 Å². The summed E-state index contributed by atoms with van der Waals surface area (Å²) in [5.41, 5.74) is 4.74. The first-order valence-corrected chi connectivity index (χ1v) is 6.54. The van der Waals surface area contributed by atoms with Crippen LogP contribution in [-0.2, 0) is 0 Å². The molecule has 3 N–H and O–H groups in total. The fraction of sp³-hybridized carbons (Fsp3) is 0. The van der Waals surface area contributed by atoms with E-state index in [1.54, 1.807) is 0 Å². The van der Waals surface area contributed by atoms with Gasteiger partial charge in [0.25, 0.3) is 23.1 Å². The van der Waals surface area contributed by atoms with Crippen molar-refractivity contribution in [2.75, 3.05) is 5.73 Å². The number of aromatic nitrogens is 1. The second-order valence-corrected chi connectivity index (χ2v) is 5.08. The lowest BCUT2D eigenvalue weighted by atomic mass is 10.1. The zero-order valence-electron chi connectivity index (χ0n) is 11.2. The Labute approximate surface area is 132 Å². The van der Waals surface area contributed by atoms with E-state index in [1.807, 2.05) is 5.32 Å². The Bertz CT molecular complexity index is 966. The molecular weight excluding hydrogens is 328 g/mol. The summed E-state index contributed by atoms with van der Waals surface area (Å²) < 4.78 is 0.951. The van der Waals surface area contributed by atoms with Gasteiger partial charge in [-0.25, -0.2) is 0 Å². The van der Waals surface area contributed by atoms with Crippen LogP contribution in [-0.4, -0.2) is 21.3 Å². The topological polar surface area (TPSA) is 137 Å². The van der Waals surface area contributed by atoms with Crippen molar-refractivity contribution in [1.82, 2.24) is 9.88 Å². The molecule has 1 aliphatic heterocycles. The third kappa shape index (κ3) is 2.14. The molecule has 0 saturated carbocycles. The summed E-state index contributed by atoms with van der Waals surface area (Å²) in [4.78, 5) is 45.6. The number of hydrogen-bond acceptors (Lipinski definition) is 6. The van der Waals surface area contributed by atoms with Gasteiger partial charge in [-0.05, 0) is 12.1 Å². The lowest BCUT2D eigenvalue weighted by Gasteiger charge is -2.12. The highest BCUT2D eigenvalue weighted by molar-refractivity contribution is 6.32. The van der Waals surface area contributed by atoms with Gasteiger partial charge in [0.05, 0.1) is 21.7 Å². The van der Waals surface area contributed by atoms with Crippen molar-refractivity contribution < 1.29 is 14.5 Å². The maximum Gasteiger partial charge on any atom is 0.288 e. The highest BCUT2D eigenvalue weighted by Crippen LogP contribution is 2.28. The van der Waals surface area contributed by atoms with Gasteiger partial charge in [0.1, 0.15) is 10.8 Å². The molecule has 2 heterocycles. The Morgan fingerprint density at radius 3 is 2.48 bits per heavy atom. The number of carbonyl (C=O) groups is 2. The molecule has 0 fully saturated rings. The average molecular weight is 335 g/mol. The SMILES string of the molecule is Nc1c2c(cc(=O)n1-c1ccc([N+](=O)[O-])c(Cl)c1)C(=O)NC2=O. The first-order valence-electron chi connectivity index (χ1n) is 6.16. The summed E-state index contributed by atoms with van der Waals surface area (Å²) in [7, 11) is 0. The molecule has 0 radical (unpaired) electrons. The van der Waals surface area contributed by atoms with Crippen LogP contribution in [0.1, 0.15) is 20.7 Å². The average Bonchev–Trinajstić information content (AvgIpc) is 2.73. The van der Waals surface area contributed by atoms with Crippen LogP contribution in [0.15, 0.2) is 29.1 Å². The Kier molecular flexibility index (Phi) is 3.15. The monoisotopic (exact) mass is 334 g/mol. The van der Waals surface area contributed by atoms with Gasteiger partial charge in [0.15, 0.2) is 0 Å². The Hall–Kier alpha value is -3.20. The van der Waals surface area contributed by atoms with Crippen molar-refractivity contribution in [2.24, 2.45) is 0 Å². The van der Waals surface area contributed by atoms with E-state index in [2.05, 4.69) is 0 Å². The molecule has 1 aromatic carbocycles. The van der Waals surface area contributed by atoms with Crippen molar-refractivity contribution in [2.45, 2.75) is 0 Å². The molecule has 10 heteroatoms. The minimum Gasteiger partial charge on any atom is -0.384 e. The van der Waals surface area contributed by atoms with Gasteiger partial charge in [-0.3, -0.25) is 34.4 Å². The summed E-state index contributed by atoms with van der Waals surface area (Å²) >= 11 is 5.82. The third-order valence-corrected chi connectivity index (χ3v) is 3.64. The molecule has 0 saturated heterocycles. The molecule has 9 nitrogen and oxygen atoms in total. The number of pyridine rings is 1. The largest absolute Gasteiger partial charge is 0.384 e. The van der Waals surface area contributed by atoms with Gasteiger partial charge in [-0.2, -0.15) is 0 Å². The molecule has 3 rings (SSSR count). The number of imide groups is 1. The summed E-state index contributed by atoms with van der Waals surface area (Å²) in [6.45, 7) is 0. The van der Waals surface area contributed by atoms with Gasteiger partial charge in [0.2, 0.25) is 0 Å². The first kappa shape index (κ1) is 14.7. The minimum absolute atomic E-state index is 0.109. The highest BCUT2D eigenvalue weighted by atomic mass is 35.5. The van der Waals surface area contributed by atoms with Crippen LogP contribution in [0.4, 0.5) is 11.5 Å². The number of nitro groups is 1. The number of nitrogens with one attached hydrogen (secondary N) is 1. The van der Waals surface area contributed by atoms with Gasteiger partial charge >= 0.3 is 0 Å². The van der Waals surface area contributed by atoms with E-state index >= 15 is 0 Å². The van der Waals surface area contributed by atoms with Crippen LogP contribution in [0, 0.1) is 10.1 Å². The second kappa shape index (κ2) is 4.92. The van der Waals surface area contributed by atoms with Gasteiger partial charge in [-0.15, -0.1) is 0 Å². The van der Waals surface area contributed by atoms with E-state index in [9.17, 15) is 24.5 Å². The molecule has 1 aliphatic rings. The maximum absolute atomic E-state index is 12.2. The standard InChI is InChI=1S/C13H7ClN4O5/c14-7-3-5(1-2-8(7)18(22)23)17-9(19)4-6-10(11(17)15)13(21)16-12(6)20/h1-4H,15H2,(H,16,20,21). The number of halogens is 1. The number of nitrogens with zero attached hydrogens (tertiary/aromatic N) is 2. The number of hydrogen-bond donors (Lipinski definition) is 2. The number of benzene rings is 1. The molecule has 23 heavy (non-hydrogen) atoms. The minimum atomic E-state index is -0.718.